The third-order valence-electron chi connectivity index (χ3n) is 3.46. The van der Waals surface area contributed by atoms with E-state index in [2.05, 4.69) is 10.3 Å². The van der Waals surface area contributed by atoms with Crippen molar-refractivity contribution in [3.8, 4) is 5.88 Å². The van der Waals surface area contributed by atoms with Crippen LogP contribution >= 0.6 is 0 Å². The number of anilines is 1. The Morgan fingerprint density at radius 2 is 2.05 bits per heavy atom. The summed E-state index contributed by atoms with van der Waals surface area (Å²) in [5, 5.41) is 2.95. The zero-order valence-electron chi connectivity index (χ0n) is 12.1. The maximum Gasteiger partial charge on any atom is 0.274 e. The number of ether oxygens (including phenoxy) is 1. The standard InChI is InChI=1S/C13H21N3O4S/c1-20-12-6-5-11(13(17)15-12)14-7-4-10-21(18,19)16-8-2-3-9-16/h5-6,14H,2-4,7-10H2,1H3,(H,15,17). The van der Waals surface area contributed by atoms with Gasteiger partial charge < -0.3 is 10.1 Å². The Balaban J connectivity index is 1.81. The maximum absolute atomic E-state index is 12.0. The number of hydrogen-bond donors (Lipinski definition) is 2. The highest BCUT2D eigenvalue weighted by atomic mass is 32.2. The Labute approximate surface area is 124 Å². The summed E-state index contributed by atoms with van der Waals surface area (Å²) in [6.07, 6.45) is 2.35. The van der Waals surface area contributed by atoms with Crippen molar-refractivity contribution in [1.29, 1.82) is 0 Å². The van der Waals surface area contributed by atoms with Crippen LogP contribution in [-0.2, 0) is 10.0 Å². The lowest BCUT2D eigenvalue weighted by atomic mass is 10.4. The Morgan fingerprint density at radius 1 is 1.33 bits per heavy atom. The molecule has 0 unspecified atom stereocenters. The van der Waals surface area contributed by atoms with E-state index in [0.717, 1.165) is 12.8 Å². The molecule has 0 spiro atoms. The minimum absolute atomic E-state index is 0.105. The molecule has 0 saturated carbocycles. The van der Waals surface area contributed by atoms with E-state index in [4.69, 9.17) is 4.74 Å². The van der Waals surface area contributed by atoms with Gasteiger partial charge in [-0.2, -0.15) is 0 Å². The summed E-state index contributed by atoms with van der Waals surface area (Å²) < 4.78 is 30.5. The van der Waals surface area contributed by atoms with Crippen LogP contribution in [0.25, 0.3) is 0 Å². The molecule has 1 aromatic heterocycles. The average molecular weight is 315 g/mol. The lowest BCUT2D eigenvalue weighted by molar-refractivity contribution is 0.397. The number of nitrogens with zero attached hydrogens (tertiary/aromatic N) is 1. The minimum atomic E-state index is -3.15. The zero-order valence-corrected chi connectivity index (χ0v) is 12.9. The monoisotopic (exact) mass is 315 g/mol. The lowest BCUT2D eigenvalue weighted by Crippen LogP contribution is -2.31. The van der Waals surface area contributed by atoms with Crippen molar-refractivity contribution >= 4 is 15.7 Å². The third kappa shape index (κ3) is 4.21. The summed E-state index contributed by atoms with van der Waals surface area (Å²) in [6, 6.07) is 3.26. The van der Waals surface area contributed by atoms with Crippen LogP contribution < -0.4 is 15.6 Å². The van der Waals surface area contributed by atoms with E-state index in [1.54, 1.807) is 16.4 Å². The number of nitrogens with one attached hydrogen (secondary N) is 2. The summed E-state index contributed by atoms with van der Waals surface area (Å²) in [7, 11) is -1.67. The van der Waals surface area contributed by atoms with Gasteiger partial charge in [-0.25, -0.2) is 12.7 Å². The first-order valence-electron chi connectivity index (χ1n) is 7.02. The number of pyridine rings is 1. The molecule has 2 heterocycles. The van der Waals surface area contributed by atoms with Crippen LogP contribution in [0.3, 0.4) is 0 Å². The van der Waals surface area contributed by atoms with E-state index in [9.17, 15) is 13.2 Å². The molecule has 1 saturated heterocycles. The first-order valence-corrected chi connectivity index (χ1v) is 8.63. The molecule has 0 aliphatic carbocycles. The molecular formula is C13H21N3O4S. The quantitative estimate of drug-likeness (QED) is 0.719. The molecule has 0 amide bonds. The van der Waals surface area contributed by atoms with Gasteiger partial charge >= 0.3 is 0 Å². The van der Waals surface area contributed by atoms with Crippen molar-refractivity contribution in [2.75, 3.05) is 37.8 Å². The number of hydrogen-bond acceptors (Lipinski definition) is 5. The summed E-state index contributed by atoms with van der Waals surface area (Å²) in [5.74, 6) is 0.496. The van der Waals surface area contributed by atoms with Crippen LogP contribution in [0.1, 0.15) is 19.3 Å². The predicted molar refractivity (Wildman–Crippen MR) is 81.3 cm³/mol. The fraction of sp³-hybridized carbons (Fsp3) is 0.615. The van der Waals surface area contributed by atoms with E-state index >= 15 is 0 Å². The first-order chi connectivity index (χ1) is 10.0. The molecule has 1 aromatic rings. The second-order valence-corrected chi connectivity index (χ2v) is 7.06. The number of methoxy groups -OCH3 is 1. The number of sulfonamides is 1. The van der Waals surface area contributed by atoms with Crippen LogP contribution in [-0.4, -0.2) is 50.2 Å². The summed E-state index contributed by atoms with van der Waals surface area (Å²) in [4.78, 5) is 14.2. The minimum Gasteiger partial charge on any atom is -0.482 e. The highest BCUT2D eigenvalue weighted by molar-refractivity contribution is 7.89. The molecule has 118 valence electrons. The molecule has 21 heavy (non-hydrogen) atoms. The zero-order chi connectivity index (χ0) is 15.3. The smallest absolute Gasteiger partial charge is 0.274 e. The molecule has 0 aromatic carbocycles. The van der Waals surface area contributed by atoms with Gasteiger partial charge in [0.25, 0.3) is 5.56 Å². The van der Waals surface area contributed by atoms with Gasteiger partial charge in [0.05, 0.1) is 12.9 Å². The van der Waals surface area contributed by atoms with Gasteiger partial charge in [0.1, 0.15) is 5.69 Å². The van der Waals surface area contributed by atoms with Crippen LogP contribution in [0.5, 0.6) is 5.88 Å². The second kappa shape index (κ2) is 6.95. The van der Waals surface area contributed by atoms with Gasteiger partial charge in [0.15, 0.2) is 5.88 Å². The van der Waals surface area contributed by atoms with Gasteiger partial charge in [-0.3, -0.25) is 9.78 Å². The second-order valence-electron chi connectivity index (χ2n) is 4.97. The predicted octanol–water partition coefficient (Wildman–Crippen LogP) is 0.611. The fourth-order valence-electron chi connectivity index (χ4n) is 2.29. The third-order valence-corrected chi connectivity index (χ3v) is 5.41. The van der Waals surface area contributed by atoms with Crippen LogP contribution in [0.2, 0.25) is 0 Å². The van der Waals surface area contributed by atoms with E-state index < -0.39 is 10.0 Å². The van der Waals surface area contributed by atoms with E-state index in [1.807, 2.05) is 0 Å². The normalized spacial score (nSPS) is 16.0. The van der Waals surface area contributed by atoms with Crippen molar-refractivity contribution in [3.63, 3.8) is 0 Å². The Kier molecular flexibility index (Phi) is 5.24. The van der Waals surface area contributed by atoms with Crippen molar-refractivity contribution in [1.82, 2.24) is 9.29 Å². The molecule has 1 fully saturated rings. The number of rotatable bonds is 7. The topological polar surface area (TPSA) is 91.5 Å². The fourth-order valence-corrected chi connectivity index (χ4v) is 3.87. The van der Waals surface area contributed by atoms with Gasteiger partial charge in [-0.15, -0.1) is 0 Å². The molecule has 8 heteroatoms. The molecule has 7 nitrogen and oxygen atoms in total. The molecule has 1 aliphatic rings. The van der Waals surface area contributed by atoms with Crippen LogP contribution in [0, 0.1) is 0 Å². The van der Waals surface area contributed by atoms with Crippen LogP contribution in [0.4, 0.5) is 5.69 Å². The molecule has 2 rings (SSSR count). The number of H-pyrrole nitrogens is 1. The molecule has 1 aliphatic heterocycles. The largest absolute Gasteiger partial charge is 0.482 e. The van der Waals surface area contributed by atoms with Gasteiger partial charge in [0.2, 0.25) is 10.0 Å². The van der Waals surface area contributed by atoms with Gasteiger partial charge in [-0.05, 0) is 25.3 Å². The van der Waals surface area contributed by atoms with Crippen LogP contribution in [0.15, 0.2) is 16.9 Å². The SMILES string of the molecule is COc1ccc(NCCCS(=O)(=O)N2CCCC2)c(=O)[nH]1. The highest BCUT2D eigenvalue weighted by Crippen LogP contribution is 2.13. The summed E-state index contributed by atoms with van der Waals surface area (Å²) in [5.41, 5.74) is 0.131. The highest BCUT2D eigenvalue weighted by Gasteiger charge is 2.24. The summed E-state index contributed by atoms with van der Waals surface area (Å²) >= 11 is 0. The molecule has 0 bridgehead atoms. The Bertz CT molecular complexity index is 621. The van der Waals surface area contributed by atoms with E-state index in [-0.39, 0.29) is 11.3 Å². The van der Waals surface area contributed by atoms with Crippen molar-refractivity contribution < 1.29 is 13.2 Å². The van der Waals surface area contributed by atoms with E-state index in [1.165, 1.54) is 7.11 Å². The number of aromatic amines is 1. The van der Waals surface area contributed by atoms with Crippen molar-refractivity contribution in [3.05, 3.63) is 22.5 Å². The molecule has 0 atom stereocenters. The molecular weight excluding hydrogens is 294 g/mol. The molecule has 2 N–H and O–H groups in total. The Morgan fingerprint density at radius 3 is 2.67 bits per heavy atom. The molecule has 0 radical (unpaired) electrons. The van der Waals surface area contributed by atoms with Crippen molar-refractivity contribution in [2.24, 2.45) is 0 Å². The van der Waals surface area contributed by atoms with Gasteiger partial charge in [-0.1, -0.05) is 0 Å². The maximum atomic E-state index is 12.0. The van der Waals surface area contributed by atoms with E-state index in [0.29, 0.717) is 37.6 Å². The summed E-state index contributed by atoms with van der Waals surface area (Å²) in [6.45, 7) is 1.70. The van der Waals surface area contributed by atoms with Gasteiger partial charge in [0, 0.05) is 25.7 Å². The Hall–Kier alpha value is -1.54. The first kappa shape index (κ1) is 15.8. The average Bonchev–Trinajstić information content (AvgIpc) is 3.00. The van der Waals surface area contributed by atoms with Crippen molar-refractivity contribution in [2.45, 2.75) is 19.3 Å². The lowest BCUT2D eigenvalue weighted by Gasteiger charge is -2.15. The number of aromatic nitrogens is 1.